The van der Waals surface area contributed by atoms with Gasteiger partial charge in [0.15, 0.2) is 0 Å². The molecule has 11 aromatic rings. The lowest BCUT2D eigenvalue weighted by Crippen LogP contribution is -2.27. The van der Waals surface area contributed by atoms with Crippen LogP contribution in [-0.4, -0.2) is 4.57 Å². The highest BCUT2D eigenvalue weighted by Crippen LogP contribution is 2.66. The molecule has 0 amide bonds. The first-order valence-corrected chi connectivity index (χ1v) is 26.5. The Morgan fingerprint density at radius 3 is 1.59 bits per heavy atom. The summed E-state index contributed by atoms with van der Waals surface area (Å²) in [4.78, 5) is 2.60. The van der Waals surface area contributed by atoms with Crippen molar-refractivity contribution in [3.63, 3.8) is 0 Å². The number of benzene rings is 10. The summed E-state index contributed by atoms with van der Waals surface area (Å²) >= 11 is 0. The van der Waals surface area contributed by atoms with Crippen LogP contribution in [0.3, 0.4) is 0 Å². The van der Waals surface area contributed by atoms with Crippen LogP contribution in [0.25, 0.3) is 72.0 Å². The SMILES string of the molecule is CC(C)(C)c1ccc2c(c1)C1(c3ccccc3-c3ccccc31)c1cc(C(C)(C)C)cc(N(c3ccc(-c4ccc5c(c4)c4ccccc4n5-c4ccccc4)cc3)c3ccc4c(c3)C(C)(C)c3ccccc3-4)c1-2. The first-order chi connectivity index (χ1) is 35.7. The van der Waals surface area contributed by atoms with Crippen LogP contribution in [0, 0.1) is 0 Å². The fourth-order valence-corrected chi connectivity index (χ4v) is 13.4. The molecule has 0 unspecified atom stereocenters. The van der Waals surface area contributed by atoms with E-state index in [9.17, 15) is 0 Å². The lowest BCUT2D eigenvalue weighted by Gasteiger charge is -2.35. The highest BCUT2D eigenvalue weighted by Gasteiger charge is 2.53. The molecular weight excluding hydrogens is 893 g/mol. The molecule has 0 radical (unpaired) electrons. The fraction of sp³-hybridized carbons (Fsp3) is 0.167. The molecule has 0 atom stereocenters. The van der Waals surface area contributed by atoms with Crippen molar-refractivity contribution in [1.29, 1.82) is 0 Å². The monoisotopic (exact) mass is 952 g/mol. The summed E-state index contributed by atoms with van der Waals surface area (Å²) in [5.41, 5.74) is 27.3. The molecule has 14 rings (SSSR count). The van der Waals surface area contributed by atoms with Crippen molar-refractivity contribution in [2.45, 2.75) is 77.0 Å². The van der Waals surface area contributed by atoms with Crippen molar-refractivity contribution < 1.29 is 0 Å². The predicted octanol–water partition coefficient (Wildman–Crippen LogP) is 19.2. The number of fused-ring (bicyclic) bond motifs is 16. The minimum Gasteiger partial charge on any atom is -0.310 e. The third-order valence-corrected chi connectivity index (χ3v) is 17.1. The minimum absolute atomic E-state index is 0.0475. The van der Waals surface area contributed by atoms with Gasteiger partial charge in [0, 0.05) is 38.8 Å². The predicted molar refractivity (Wildman–Crippen MR) is 312 cm³/mol. The normalized spacial score (nSPS) is 14.4. The van der Waals surface area contributed by atoms with Gasteiger partial charge in [0.2, 0.25) is 0 Å². The van der Waals surface area contributed by atoms with E-state index in [4.69, 9.17) is 0 Å². The van der Waals surface area contributed by atoms with Crippen LogP contribution in [0.15, 0.2) is 218 Å². The molecule has 0 aliphatic heterocycles. The number of hydrogen-bond donors (Lipinski definition) is 0. The van der Waals surface area contributed by atoms with Crippen molar-refractivity contribution in [1.82, 2.24) is 4.57 Å². The molecule has 358 valence electrons. The van der Waals surface area contributed by atoms with Gasteiger partial charge in [-0.25, -0.2) is 0 Å². The van der Waals surface area contributed by atoms with Crippen molar-refractivity contribution in [2.24, 2.45) is 0 Å². The molecule has 0 saturated heterocycles. The molecule has 1 heterocycles. The Bertz CT molecular complexity index is 4070. The molecule has 0 saturated carbocycles. The summed E-state index contributed by atoms with van der Waals surface area (Å²) < 4.78 is 2.39. The molecule has 0 fully saturated rings. The van der Waals surface area contributed by atoms with Crippen LogP contribution in [0.1, 0.15) is 99.9 Å². The Morgan fingerprint density at radius 1 is 0.365 bits per heavy atom. The smallest absolute Gasteiger partial charge is 0.0726 e. The number of anilines is 3. The van der Waals surface area contributed by atoms with E-state index in [1.54, 1.807) is 0 Å². The molecule has 1 spiro atoms. The average molecular weight is 953 g/mol. The summed E-state index contributed by atoms with van der Waals surface area (Å²) in [6.07, 6.45) is 0. The van der Waals surface area contributed by atoms with E-state index in [1.165, 1.54) is 122 Å². The summed E-state index contributed by atoms with van der Waals surface area (Å²) in [6.45, 7) is 19.0. The van der Waals surface area contributed by atoms with E-state index in [-0.39, 0.29) is 16.2 Å². The van der Waals surface area contributed by atoms with Crippen molar-refractivity contribution >= 4 is 38.9 Å². The maximum Gasteiger partial charge on any atom is 0.0726 e. The molecule has 2 nitrogen and oxygen atoms in total. The molecule has 74 heavy (non-hydrogen) atoms. The summed E-state index contributed by atoms with van der Waals surface area (Å²) in [7, 11) is 0. The fourth-order valence-electron chi connectivity index (χ4n) is 13.4. The molecule has 3 aliphatic rings. The average Bonchev–Trinajstić information content (AvgIpc) is 4.13. The van der Waals surface area contributed by atoms with Gasteiger partial charge in [-0.1, -0.05) is 213 Å². The Labute approximate surface area is 436 Å². The van der Waals surface area contributed by atoms with Gasteiger partial charge >= 0.3 is 0 Å². The topological polar surface area (TPSA) is 8.17 Å². The Kier molecular flexibility index (Phi) is 9.41. The van der Waals surface area contributed by atoms with Crippen LogP contribution in [0.4, 0.5) is 17.1 Å². The molecule has 2 heteroatoms. The molecule has 1 aromatic heterocycles. The van der Waals surface area contributed by atoms with Gasteiger partial charge in [-0.2, -0.15) is 0 Å². The third-order valence-electron chi connectivity index (χ3n) is 17.1. The summed E-state index contributed by atoms with van der Waals surface area (Å²) in [5.74, 6) is 0. The van der Waals surface area contributed by atoms with Crippen molar-refractivity contribution in [2.75, 3.05) is 4.90 Å². The second-order valence-corrected chi connectivity index (χ2v) is 23.7. The number of hydrogen-bond acceptors (Lipinski definition) is 1. The van der Waals surface area contributed by atoms with E-state index in [0.29, 0.717) is 0 Å². The lowest BCUT2D eigenvalue weighted by atomic mass is 9.68. The lowest BCUT2D eigenvalue weighted by molar-refractivity contribution is 0.586. The van der Waals surface area contributed by atoms with Gasteiger partial charge in [0.1, 0.15) is 0 Å². The maximum absolute atomic E-state index is 2.60. The molecule has 3 aliphatic carbocycles. The van der Waals surface area contributed by atoms with Crippen LogP contribution < -0.4 is 4.90 Å². The van der Waals surface area contributed by atoms with Crippen LogP contribution in [0.5, 0.6) is 0 Å². The number of para-hydroxylation sites is 2. The van der Waals surface area contributed by atoms with E-state index < -0.39 is 5.41 Å². The standard InChI is InChI=1S/C72H60N2/c1-69(2,3)47-33-37-57-63(41-47)72(60-27-17-13-23-53(60)54-24-14-18-28-61(54)72)64-42-48(70(4,5)6)43-67(68(57)64)73(51-36-38-55-52-22-12-16-26-59(52)71(7,8)62(55)44-51)50-34-30-45(31-35-50)46-32-39-66-58(40-46)56-25-15-19-29-65(56)74(66)49-20-10-9-11-21-49/h9-44H,1-8H3. The van der Waals surface area contributed by atoms with E-state index in [1.807, 2.05) is 0 Å². The summed E-state index contributed by atoms with van der Waals surface area (Å²) in [5, 5.41) is 2.51. The maximum atomic E-state index is 2.60. The second-order valence-electron chi connectivity index (χ2n) is 23.7. The van der Waals surface area contributed by atoms with Gasteiger partial charge in [-0.15, -0.1) is 0 Å². The first kappa shape index (κ1) is 44.5. The molecular formula is C72H60N2. The molecule has 0 bridgehead atoms. The second kappa shape index (κ2) is 15.7. The van der Waals surface area contributed by atoms with Gasteiger partial charge in [0.25, 0.3) is 0 Å². The Morgan fingerprint density at radius 2 is 0.905 bits per heavy atom. The van der Waals surface area contributed by atoms with E-state index in [2.05, 4.69) is 283 Å². The molecule has 0 N–H and O–H groups in total. The largest absolute Gasteiger partial charge is 0.310 e. The van der Waals surface area contributed by atoms with E-state index in [0.717, 1.165) is 11.4 Å². The number of rotatable bonds is 5. The minimum atomic E-state index is -0.519. The van der Waals surface area contributed by atoms with Crippen LogP contribution in [0.2, 0.25) is 0 Å². The quantitative estimate of drug-likeness (QED) is 0.167. The zero-order chi connectivity index (χ0) is 50.5. The van der Waals surface area contributed by atoms with Crippen LogP contribution >= 0.6 is 0 Å². The van der Waals surface area contributed by atoms with Gasteiger partial charge in [-0.3, -0.25) is 0 Å². The van der Waals surface area contributed by atoms with Gasteiger partial charge in [0.05, 0.1) is 22.1 Å². The highest BCUT2D eigenvalue weighted by atomic mass is 15.1. The number of nitrogens with zero attached hydrogens (tertiary/aromatic N) is 2. The van der Waals surface area contributed by atoms with Gasteiger partial charge < -0.3 is 9.47 Å². The van der Waals surface area contributed by atoms with Crippen molar-refractivity contribution in [3.05, 3.63) is 263 Å². The molecule has 10 aromatic carbocycles. The van der Waals surface area contributed by atoms with Crippen LogP contribution in [-0.2, 0) is 21.7 Å². The highest BCUT2D eigenvalue weighted by molar-refractivity contribution is 6.10. The van der Waals surface area contributed by atoms with E-state index >= 15 is 0 Å². The summed E-state index contributed by atoms with van der Waals surface area (Å²) in [6, 6.07) is 83.2. The Balaban J connectivity index is 1.03. The first-order valence-electron chi connectivity index (χ1n) is 26.5. The number of aromatic nitrogens is 1. The van der Waals surface area contributed by atoms with Crippen molar-refractivity contribution in [3.8, 4) is 50.2 Å². The van der Waals surface area contributed by atoms with Gasteiger partial charge in [-0.05, 0) is 155 Å². The zero-order valence-electron chi connectivity index (χ0n) is 43.7. The Hall–Kier alpha value is -8.20. The zero-order valence-corrected chi connectivity index (χ0v) is 43.7. The third kappa shape index (κ3) is 6.24.